The summed E-state index contributed by atoms with van der Waals surface area (Å²) in [6, 6.07) is 2.35. The lowest BCUT2D eigenvalue weighted by molar-refractivity contribution is 0.0690. The lowest BCUT2D eigenvalue weighted by atomic mass is 10.2. The first-order valence-corrected chi connectivity index (χ1v) is 7.27. The Bertz CT molecular complexity index is 501. The minimum absolute atomic E-state index is 0.00678. The quantitative estimate of drug-likeness (QED) is 0.877. The molecule has 21 heavy (non-hydrogen) atoms. The number of hydrogen-bond donors (Lipinski definition) is 2. The van der Waals surface area contributed by atoms with Gasteiger partial charge in [0.05, 0.1) is 11.3 Å². The number of hydrogen-bond acceptors (Lipinski definition) is 3. The molecule has 0 spiro atoms. The lowest BCUT2D eigenvalue weighted by Crippen LogP contribution is -2.30. The summed E-state index contributed by atoms with van der Waals surface area (Å²) in [5.74, 6) is -3.92. The van der Waals surface area contributed by atoms with Crippen molar-refractivity contribution >= 4 is 11.7 Å². The van der Waals surface area contributed by atoms with E-state index >= 15 is 0 Å². The minimum Gasteiger partial charge on any atom is -0.478 e. The van der Waals surface area contributed by atoms with Crippen molar-refractivity contribution in [3.63, 3.8) is 0 Å². The van der Waals surface area contributed by atoms with E-state index in [1.54, 1.807) is 0 Å². The second-order valence-corrected chi connectivity index (χ2v) is 5.28. The summed E-state index contributed by atoms with van der Waals surface area (Å²) in [5.41, 5.74) is -0.641. The highest BCUT2D eigenvalue weighted by Gasteiger charge is 2.18. The van der Waals surface area contributed by atoms with Crippen molar-refractivity contribution in [3.8, 4) is 0 Å². The Morgan fingerprint density at radius 2 is 1.81 bits per heavy atom. The molecular weight excluding hydrogens is 278 g/mol. The maximum atomic E-state index is 13.7. The maximum absolute atomic E-state index is 13.7. The van der Waals surface area contributed by atoms with Crippen molar-refractivity contribution < 1.29 is 18.7 Å². The van der Waals surface area contributed by atoms with Crippen LogP contribution < -0.4 is 5.32 Å². The molecule has 0 radical (unpaired) electrons. The smallest absolute Gasteiger partial charge is 0.338 e. The number of benzene rings is 1. The van der Waals surface area contributed by atoms with E-state index in [1.165, 1.54) is 31.7 Å². The Balaban J connectivity index is 1.91. The molecule has 0 saturated carbocycles. The zero-order valence-electron chi connectivity index (χ0n) is 11.9. The number of carbonyl (C=O) groups is 1. The number of rotatable bonds is 5. The van der Waals surface area contributed by atoms with Crippen LogP contribution in [-0.2, 0) is 0 Å². The molecule has 0 aliphatic carbocycles. The average molecular weight is 298 g/mol. The van der Waals surface area contributed by atoms with Gasteiger partial charge in [0, 0.05) is 13.1 Å². The summed E-state index contributed by atoms with van der Waals surface area (Å²) in [4.78, 5) is 13.0. The van der Waals surface area contributed by atoms with Crippen LogP contribution in [0.15, 0.2) is 12.1 Å². The van der Waals surface area contributed by atoms with Gasteiger partial charge in [-0.1, -0.05) is 12.8 Å². The Hall–Kier alpha value is -1.69. The van der Waals surface area contributed by atoms with E-state index in [-0.39, 0.29) is 5.69 Å². The first kappa shape index (κ1) is 15.7. The number of likely N-dealkylation sites (tertiary alicyclic amines) is 1. The number of carboxylic acids is 1. The first-order chi connectivity index (χ1) is 10.1. The van der Waals surface area contributed by atoms with Gasteiger partial charge in [0.15, 0.2) is 11.6 Å². The molecule has 4 nitrogen and oxygen atoms in total. The molecule has 0 bridgehead atoms. The second-order valence-electron chi connectivity index (χ2n) is 5.28. The van der Waals surface area contributed by atoms with E-state index in [4.69, 9.17) is 5.11 Å². The predicted octanol–water partition coefficient (Wildman–Crippen LogP) is 2.95. The molecule has 1 aromatic carbocycles. The van der Waals surface area contributed by atoms with Crippen LogP contribution in [0.25, 0.3) is 0 Å². The molecular formula is C15H20F2N2O2. The van der Waals surface area contributed by atoms with E-state index in [2.05, 4.69) is 10.2 Å². The summed E-state index contributed by atoms with van der Waals surface area (Å²) >= 11 is 0. The third kappa shape index (κ3) is 4.14. The molecule has 0 unspecified atom stereocenters. The zero-order chi connectivity index (χ0) is 15.2. The fraction of sp³-hybridized carbons (Fsp3) is 0.533. The van der Waals surface area contributed by atoms with Crippen molar-refractivity contribution in [1.82, 2.24) is 4.90 Å². The minimum atomic E-state index is -1.47. The number of nitrogens with one attached hydrogen (secondary N) is 1. The van der Waals surface area contributed by atoms with E-state index in [9.17, 15) is 13.6 Å². The summed E-state index contributed by atoms with van der Waals surface area (Å²) in [6.07, 6.45) is 4.85. The third-order valence-corrected chi connectivity index (χ3v) is 3.75. The highest BCUT2D eigenvalue weighted by molar-refractivity contribution is 5.88. The van der Waals surface area contributed by atoms with Crippen LogP contribution in [0.5, 0.6) is 0 Å². The number of anilines is 1. The van der Waals surface area contributed by atoms with Crippen LogP contribution in [0.4, 0.5) is 14.5 Å². The Labute approximate surface area is 122 Å². The van der Waals surface area contributed by atoms with Crippen LogP contribution in [0.2, 0.25) is 0 Å². The predicted molar refractivity (Wildman–Crippen MR) is 76.7 cm³/mol. The van der Waals surface area contributed by atoms with Gasteiger partial charge in [-0.3, -0.25) is 0 Å². The Morgan fingerprint density at radius 3 is 2.43 bits per heavy atom. The Morgan fingerprint density at radius 1 is 1.14 bits per heavy atom. The van der Waals surface area contributed by atoms with Gasteiger partial charge in [0.2, 0.25) is 0 Å². The normalized spacial score (nSPS) is 16.5. The average Bonchev–Trinajstić information content (AvgIpc) is 2.72. The van der Waals surface area contributed by atoms with Crippen molar-refractivity contribution in [2.75, 3.05) is 31.5 Å². The second kappa shape index (κ2) is 7.36. The van der Waals surface area contributed by atoms with E-state index in [0.29, 0.717) is 6.54 Å². The van der Waals surface area contributed by atoms with Crippen molar-refractivity contribution in [3.05, 3.63) is 29.3 Å². The van der Waals surface area contributed by atoms with Crippen molar-refractivity contribution in [2.24, 2.45) is 0 Å². The van der Waals surface area contributed by atoms with E-state index in [0.717, 1.165) is 25.7 Å². The highest BCUT2D eigenvalue weighted by atomic mass is 19.2. The topological polar surface area (TPSA) is 52.6 Å². The SMILES string of the molecule is O=C(O)c1ccc(NCCN2CCCCCC2)c(F)c1F. The van der Waals surface area contributed by atoms with Gasteiger partial charge in [-0.2, -0.15) is 0 Å². The third-order valence-electron chi connectivity index (χ3n) is 3.75. The zero-order valence-corrected chi connectivity index (χ0v) is 11.9. The summed E-state index contributed by atoms with van der Waals surface area (Å²) in [6.45, 7) is 3.34. The van der Waals surface area contributed by atoms with Crippen molar-refractivity contribution in [1.29, 1.82) is 0 Å². The van der Waals surface area contributed by atoms with Gasteiger partial charge >= 0.3 is 5.97 Å². The Kier molecular flexibility index (Phi) is 5.50. The first-order valence-electron chi connectivity index (χ1n) is 7.27. The lowest BCUT2D eigenvalue weighted by Gasteiger charge is -2.20. The summed E-state index contributed by atoms with van der Waals surface area (Å²) in [7, 11) is 0. The van der Waals surface area contributed by atoms with Gasteiger partial charge < -0.3 is 15.3 Å². The van der Waals surface area contributed by atoms with Gasteiger partial charge in [-0.15, -0.1) is 0 Å². The van der Waals surface area contributed by atoms with Crippen LogP contribution >= 0.6 is 0 Å². The molecule has 1 fully saturated rings. The van der Waals surface area contributed by atoms with Gasteiger partial charge in [0.25, 0.3) is 0 Å². The van der Waals surface area contributed by atoms with E-state index in [1.807, 2.05) is 0 Å². The summed E-state index contributed by atoms with van der Waals surface area (Å²) < 4.78 is 27.3. The molecule has 6 heteroatoms. The van der Waals surface area contributed by atoms with Gasteiger partial charge in [-0.25, -0.2) is 13.6 Å². The molecule has 1 aliphatic heterocycles. The molecule has 1 heterocycles. The molecule has 0 aromatic heterocycles. The molecule has 0 amide bonds. The number of halogens is 2. The molecule has 1 aliphatic rings. The monoisotopic (exact) mass is 298 g/mol. The van der Waals surface area contributed by atoms with Crippen LogP contribution in [0.1, 0.15) is 36.0 Å². The van der Waals surface area contributed by atoms with Crippen molar-refractivity contribution in [2.45, 2.75) is 25.7 Å². The largest absolute Gasteiger partial charge is 0.478 e. The van der Waals surface area contributed by atoms with Crippen LogP contribution in [-0.4, -0.2) is 42.2 Å². The standard InChI is InChI=1S/C15H20F2N2O2/c16-13-11(15(20)21)5-6-12(14(13)17)18-7-10-19-8-3-1-2-4-9-19/h5-6,18H,1-4,7-10H2,(H,20,21). The summed E-state index contributed by atoms with van der Waals surface area (Å²) in [5, 5.41) is 11.6. The fourth-order valence-corrected chi connectivity index (χ4v) is 2.56. The molecule has 116 valence electrons. The maximum Gasteiger partial charge on any atom is 0.338 e. The van der Waals surface area contributed by atoms with Crippen LogP contribution in [0, 0.1) is 11.6 Å². The van der Waals surface area contributed by atoms with Gasteiger partial charge in [-0.05, 0) is 38.1 Å². The molecule has 2 rings (SSSR count). The fourth-order valence-electron chi connectivity index (χ4n) is 2.56. The number of carboxylic acid groups (broad SMARTS) is 1. The number of nitrogens with zero attached hydrogens (tertiary/aromatic N) is 1. The molecule has 1 saturated heterocycles. The number of aromatic carboxylic acids is 1. The van der Waals surface area contributed by atoms with Crippen LogP contribution in [0.3, 0.4) is 0 Å². The molecule has 2 N–H and O–H groups in total. The highest BCUT2D eigenvalue weighted by Crippen LogP contribution is 2.20. The van der Waals surface area contributed by atoms with Gasteiger partial charge in [0.1, 0.15) is 0 Å². The molecule has 1 aromatic rings. The molecule has 0 atom stereocenters. The van der Waals surface area contributed by atoms with E-state index < -0.39 is 23.2 Å².